The third-order valence-corrected chi connectivity index (χ3v) is 5.89. The van der Waals surface area contributed by atoms with Crippen molar-refractivity contribution in [1.29, 1.82) is 0 Å². The van der Waals surface area contributed by atoms with Gasteiger partial charge in [0.05, 0.1) is 11.6 Å². The van der Waals surface area contributed by atoms with E-state index >= 15 is 0 Å². The predicted octanol–water partition coefficient (Wildman–Crippen LogP) is 3.40. The maximum atomic E-state index is 13.3. The number of carbonyl (C=O) groups excluding carboxylic acids is 2. The number of H-pyrrole nitrogens is 1. The Balaban J connectivity index is 1.49. The average molecular weight is 492 g/mol. The molecule has 0 saturated heterocycles. The minimum absolute atomic E-state index is 0.000996. The second kappa shape index (κ2) is 10.1. The Morgan fingerprint density at radius 3 is 2.32 bits per heavy atom. The van der Waals surface area contributed by atoms with Gasteiger partial charge in [-0.3, -0.25) is 14.4 Å². The zero-order valence-corrected chi connectivity index (χ0v) is 19.4. The second-order valence-electron chi connectivity index (χ2n) is 8.21. The van der Waals surface area contributed by atoms with Gasteiger partial charge in [0.25, 0.3) is 17.4 Å². The summed E-state index contributed by atoms with van der Waals surface area (Å²) in [5.41, 5.74) is 2.94. The number of carbonyl (C=O) groups is 2. The molecule has 9 heteroatoms. The maximum absolute atomic E-state index is 13.3. The fourth-order valence-electron chi connectivity index (χ4n) is 4.06. The molecule has 1 atom stereocenters. The van der Waals surface area contributed by atoms with E-state index in [9.17, 15) is 19.5 Å². The zero-order valence-electron chi connectivity index (χ0n) is 19.4. The number of aromatic amines is 1. The monoisotopic (exact) mass is 491 g/mol. The van der Waals surface area contributed by atoms with Gasteiger partial charge in [0.2, 0.25) is 0 Å². The van der Waals surface area contributed by atoms with Crippen molar-refractivity contribution in [3.8, 4) is 5.75 Å². The van der Waals surface area contributed by atoms with Gasteiger partial charge in [-0.25, -0.2) is 10.5 Å². The lowest BCUT2D eigenvalue weighted by Gasteiger charge is -2.18. The van der Waals surface area contributed by atoms with Crippen LogP contribution in [0.2, 0.25) is 0 Å². The largest absolute Gasteiger partial charge is 0.507 e. The predicted molar refractivity (Wildman–Crippen MR) is 140 cm³/mol. The Bertz CT molecular complexity index is 1710. The van der Waals surface area contributed by atoms with Crippen molar-refractivity contribution in [1.82, 2.24) is 20.9 Å². The SMILES string of the molecule is O=C(N[C@@H](C(=O)N/N=C\c1c(O)ccc2ccccc12)c1n[nH]c(=O)c2ccccc12)c1ccccc1. The zero-order chi connectivity index (χ0) is 25.8. The number of phenolic OH excluding ortho intramolecular Hbond substituents is 1. The molecule has 0 unspecified atom stereocenters. The Morgan fingerprint density at radius 2 is 1.54 bits per heavy atom. The van der Waals surface area contributed by atoms with E-state index in [0.717, 1.165) is 10.8 Å². The Morgan fingerprint density at radius 1 is 0.865 bits per heavy atom. The Hall–Kier alpha value is -5.31. The number of nitrogens with one attached hydrogen (secondary N) is 3. The number of benzene rings is 4. The third kappa shape index (κ3) is 4.78. The molecule has 182 valence electrons. The first-order valence-corrected chi connectivity index (χ1v) is 11.4. The van der Waals surface area contributed by atoms with Crippen LogP contribution in [0.25, 0.3) is 21.5 Å². The molecule has 0 fully saturated rings. The first kappa shape index (κ1) is 23.4. The molecule has 0 radical (unpaired) electrons. The Labute approximate surface area is 210 Å². The van der Waals surface area contributed by atoms with Crippen LogP contribution in [0.15, 0.2) is 101 Å². The van der Waals surface area contributed by atoms with Gasteiger partial charge in [0, 0.05) is 16.5 Å². The van der Waals surface area contributed by atoms with Crippen LogP contribution >= 0.6 is 0 Å². The van der Waals surface area contributed by atoms with Gasteiger partial charge < -0.3 is 10.4 Å². The minimum Gasteiger partial charge on any atom is -0.507 e. The number of amides is 2. The van der Waals surface area contributed by atoms with Gasteiger partial charge >= 0.3 is 0 Å². The van der Waals surface area contributed by atoms with Crippen molar-refractivity contribution in [2.75, 3.05) is 0 Å². The molecule has 0 spiro atoms. The van der Waals surface area contributed by atoms with Crippen LogP contribution < -0.4 is 16.3 Å². The highest BCUT2D eigenvalue weighted by molar-refractivity contribution is 6.03. The normalized spacial score (nSPS) is 12.0. The Kier molecular flexibility index (Phi) is 6.41. The number of aromatic nitrogens is 2. The van der Waals surface area contributed by atoms with E-state index < -0.39 is 23.4 Å². The van der Waals surface area contributed by atoms with Crippen molar-refractivity contribution in [3.63, 3.8) is 0 Å². The molecule has 0 aliphatic heterocycles. The molecular formula is C28H21N5O4. The van der Waals surface area contributed by atoms with E-state index in [4.69, 9.17) is 0 Å². The van der Waals surface area contributed by atoms with E-state index in [1.54, 1.807) is 66.7 Å². The van der Waals surface area contributed by atoms with Crippen LogP contribution in [0.1, 0.15) is 27.7 Å². The molecule has 0 aliphatic carbocycles. The number of aromatic hydroxyl groups is 1. The van der Waals surface area contributed by atoms with Crippen molar-refractivity contribution in [2.45, 2.75) is 6.04 Å². The molecule has 5 aromatic rings. The molecule has 37 heavy (non-hydrogen) atoms. The molecule has 9 nitrogen and oxygen atoms in total. The van der Waals surface area contributed by atoms with Crippen LogP contribution in [-0.4, -0.2) is 33.3 Å². The minimum atomic E-state index is -1.28. The maximum Gasteiger partial charge on any atom is 0.272 e. The summed E-state index contributed by atoms with van der Waals surface area (Å²) in [5, 5.41) is 25.9. The fourth-order valence-corrected chi connectivity index (χ4v) is 4.06. The third-order valence-electron chi connectivity index (χ3n) is 5.89. The smallest absolute Gasteiger partial charge is 0.272 e. The molecule has 1 heterocycles. The molecule has 2 amide bonds. The summed E-state index contributed by atoms with van der Waals surface area (Å²) in [5.74, 6) is -1.20. The number of hydrogen-bond acceptors (Lipinski definition) is 6. The van der Waals surface area contributed by atoms with Crippen molar-refractivity contribution in [3.05, 3.63) is 118 Å². The lowest BCUT2D eigenvalue weighted by Crippen LogP contribution is -2.40. The highest BCUT2D eigenvalue weighted by atomic mass is 16.3. The van der Waals surface area contributed by atoms with E-state index in [0.29, 0.717) is 21.9 Å². The fraction of sp³-hybridized carbons (Fsp3) is 0.0357. The van der Waals surface area contributed by atoms with Gasteiger partial charge in [-0.1, -0.05) is 66.7 Å². The van der Waals surface area contributed by atoms with Gasteiger partial charge in [-0.05, 0) is 35.0 Å². The average Bonchev–Trinajstić information content (AvgIpc) is 2.94. The van der Waals surface area contributed by atoms with Gasteiger partial charge in [-0.15, -0.1) is 0 Å². The topological polar surface area (TPSA) is 137 Å². The molecule has 4 N–H and O–H groups in total. The molecule has 0 aliphatic rings. The summed E-state index contributed by atoms with van der Waals surface area (Å²) >= 11 is 0. The van der Waals surface area contributed by atoms with Crippen molar-refractivity contribution in [2.24, 2.45) is 5.10 Å². The summed E-state index contributed by atoms with van der Waals surface area (Å²) in [7, 11) is 0. The first-order valence-electron chi connectivity index (χ1n) is 11.4. The van der Waals surface area contributed by atoms with Crippen LogP contribution in [0.4, 0.5) is 0 Å². The highest BCUT2D eigenvalue weighted by Crippen LogP contribution is 2.25. The van der Waals surface area contributed by atoms with E-state index in [2.05, 4.69) is 26.0 Å². The van der Waals surface area contributed by atoms with E-state index in [1.807, 2.05) is 24.3 Å². The number of rotatable bonds is 6. The quantitative estimate of drug-likeness (QED) is 0.213. The van der Waals surface area contributed by atoms with Crippen LogP contribution in [0, 0.1) is 0 Å². The van der Waals surface area contributed by atoms with Crippen molar-refractivity contribution < 1.29 is 14.7 Å². The first-order chi connectivity index (χ1) is 18.0. The highest BCUT2D eigenvalue weighted by Gasteiger charge is 2.27. The van der Waals surface area contributed by atoms with Crippen LogP contribution in [-0.2, 0) is 4.79 Å². The molecule has 4 aromatic carbocycles. The summed E-state index contributed by atoms with van der Waals surface area (Å²) in [6.07, 6.45) is 1.34. The van der Waals surface area contributed by atoms with Gasteiger partial charge in [0.15, 0.2) is 6.04 Å². The van der Waals surface area contributed by atoms with Gasteiger partial charge in [-0.2, -0.15) is 10.2 Å². The number of nitrogens with zero attached hydrogens (tertiary/aromatic N) is 2. The lowest BCUT2D eigenvalue weighted by molar-refractivity contribution is -0.123. The van der Waals surface area contributed by atoms with Gasteiger partial charge in [0.1, 0.15) is 11.4 Å². The standard InChI is InChI=1S/C28H21N5O4/c34-23-15-14-17-8-4-5-11-19(17)22(23)16-29-32-28(37)25(30-26(35)18-9-2-1-3-10-18)24-20-12-6-7-13-21(20)27(36)33-31-24/h1-16,25,34H,(H,30,35)(H,32,37)(H,33,36)/b29-16-/t25-/m1/s1. The molecule has 1 aromatic heterocycles. The van der Waals surface area contributed by atoms with Crippen molar-refractivity contribution >= 4 is 39.6 Å². The van der Waals surface area contributed by atoms with Crippen LogP contribution in [0.3, 0.4) is 0 Å². The van der Waals surface area contributed by atoms with E-state index in [-0.39, 0.29) is 11.4 Å². The number of phenols is 1. The summed E-state index contributed by atoms with van der Waals surface area (Å²) in [4.78, 5) is 38.6. The summed E-state index contributed by atoms with van der Waals surface area (Å²) in [6.45, 7) is 0. The number of hydrogen-bond donors (Lipinski definition) is 4. The van der Waals surface area contributed by atoms with Crippen LogP contribution in [0.5, 0.6) is 5.75 Å². The lowest BCUT2D eigenvalue weighted by atomic mass is 10.0. The number of hydrazone groups is 1. The molecule has 5 rings (SSSR count). The molecular weight excluding hydrogens is 470 g/mol. The second-order valence-corrected chi connectivity index (χ2v) is 8.21. The molecule has 0 saturated carbocycles. The molecule has 0 bridgehead atoms. The summed E-state index contributed by atoms with van der Waals surface area (Å²) in [6, 6.07) is 24.6. The number of fused-ring (bicyclic) bond motifs is 2. The summed E-state index contributed by atoms with van der Waals surface area (Å²) < 4.78 is 0. The van der Waals surface area contributed by atoms with E-state index in [1.165, 1.54) is 6.21 Å².